The number of benzene rings is 1. The SMILES string of the molecule is COc1ccnc(NCCCCCNC(=O)c2cccn(C(C)c3ccc(I)cc3)c2=O)n1. The number of anilines is 1. The summed E-state index contributed by atoms with van der Waals surface area (Å²) in [4.78, 5) is 33.8. The summed E-state index contributed by atoms with van der Waals surface area (Å²) < 4.78 is 7.81. The molecule has 1 aromatic carbocycles. The molecule has 0 radical (unpaired) electrons. The average Bonchev–Trinajstić information content (AvgIpc) is 2.83. The van der Waals surface area contributed by atoms with Gasteiger partial charge in [-0.3, -0.25) is 9.59 Å². The minimum atomic E-state index is -0.341. The number of pyridine rings is 1. The highest BCUT2D eigenvalue weighted by Gasteiger charge is 2.15. The first-order valence-electron chi connectivity index (χ1n) is 10.9. The van der Waals surface area contributed by atoms with E-state index in [1.165, 1.54) is 0 Å². The summed E-state index contributed by atoms with van der Waals surface area (Å²) in [6.07, 6.45) is 6.00. The van der Waals surface area contributed by atoms with Crippen LogP contribution in [0, 0.1) is 3.57 Å². The van der Waals surface area contributed by atoms with Gasteiger partial charge >= 0.3 is 0 Å². The summed E-state index contributed by atoms with van der Waals surface area (Å²) >= 11 is 2.25. The van der Waals surface area contributed by atoms with Gasteiger partial charge in [0.15, 0.2) is 0 Å². The van der Waals surface area contributed by atoms with E-state index >= 15 is 0 Å². The van der Waals surface area contributed by atoms with Crippen molar-refractivity contribution in [1.82, 2.24) is 19.9 Å². The van der Waals surface area contributed by atoms with Crippen molar-refractivity contribution in [2.45, 2.75) is 32.2 Å². The van der Waals surface area contributed by atoms with E-state index < -0.39 is 0 Å². The minimum Gasteiger partial charge on any atom is -0.481 e. The van der Waals surface area contributed by atoms with Crippen LogP contribution >= 0.6 is 22.6 Å². The van der Waals surface area contributed by atoms with E-state index in [0.29, 0.717) is 18.4 Å². The third kappa shape index (κ3) is 7.01. The van der Waals surface area contributed by atoms with E-state index in [1.807, 2.05) is 31.2 Å². The molecule has 2 aromatic heterocycles. The van der Waals surface area contributed by atoms with E-state index in [1.54, 1.807) is 42.3 Å². The quantitative estimate of drug-likeness (QED) is 0.273. The number of ether oxygens (including phenoxy) is 1. The molecule has 0 aliphatic rings. The van der Waals surface area contributed by atoms with Gasteiger partial charge in [0.2, 0.25) is 11.8 Å². The number of carbonyl (C=O) groups is 1. The van der Waals surface area contributed by atoms with Gasteiger partial charge in [-0.25, -0.2) is 4.98 Å². The zero-order valence-corrected chi connectivity index (χ0v) is 20.9. The van der Waals surface area contributed by atoms with E-state index in [4.69, 9.17) is 4.74 Å². The molecular formula is C24H28IN5O3. The van der Waals surface area contributed by atoms with E-state index in [-0.39, 0.29) is 23.1 Å². The highest BCUT2D eigenvalue weighted by molar-refractivity contribution is 14.1. The number of methoxy groups -OCH3 is 1. The number of hydrogen-bond donors (Lipinski definition) is 2. The lowest BCUT2D eigenvalue weighted by atomic mass is 10.1. The van der Waals surface area contributed by atoms with Crippen molar-refractivity contribution in [3.63, 3.8) is 0 Å². The number of halogens is 1. The van der Waals surface area contributed by atoms with Crippen LogP contribution in [-0.4, -0.2) is 40.6 Å². The highest BCUT2D eigenvalue weighted by atomic mass is 127. The normalized spacial score (nSPS) is 11.6. The molecule has 3 rings (SSSR count). The third-order valence-corrected chi connectivity index (χ3v) is 5.97. The van der Waals surface area contributed by atoms with Crippen LogP contribution in [0.1, 0.15) is 48.1 Å². The second-order valence-corrected chi connectivity index (χ2v) is 8.77. The third-order valence-electron chi connectivity index (χ3n) is 5.25. The molecule has 1 unspecified atom stereocenters. The molecular weight excluding hydrogens is 533 g/mol. The molecule has 0 spiro atoms. The van der Waals surface area contributed by atoms with Gasteiger partial charge in [-0.1, -0.05) is 12.1 Å². The van der Waals surface area contributed by atoms with Gasteiger partial charge in [0.25, 0.3) is 11.5 Å². The van der Waals surface area contributed by atoms with Gasteiger partial charge in [0, 0.05) is 35.1 Å². The topological polar surface area (TPSA) is 98.1 Å². The molecule has 9 heteroatoms. The standard InChI is InChI=1S/C24H28IN5O3/c1-17(18-8-10-19(25)11-9-18)30-16-6-7-20(23(30)32)22(31)26-13-4-3-5-14-27-24-28-15-12-21(29-24)33-2/h6-12,15-17H,3-5,13-14H2,1-2H3,(H,26,31)(H,27,28,29). The Hall–Kier alpha value is -2.95. The monoisotopic (exact) mass is 561 g/mol. The van der Waals surface area contributed by atoms with Gasteiger partial charge in [-0.2, -0.15) is 4.98 Å². The molecule has 2 heterocycles. The molecule has 0 aliphatic carbocycles. The molecule has 2 N–H and O–H groups in total. The summed E-state index contributed by atoms with van der Waals surface area (Å²) in [6, 6.07) is 12.9. The zero-order chi connectivity index (χ0) is 23.6. The fourth-order valence-electron chi connectivity index (χ4n) is 3.35. The number of nitrogens with zero attached hydrogens (tertiary/aromatic N) is 3. The van der Waals surface area contributed by atoms with Crippen LogP contribution < -0.4 is 20.9 Å². The van der Waals surface area contributed by atoms with E-state index in [0.717, 1.165) is 34.9 Å². The van der Waals surface area contributed by atoms with Crippen LogP contribution in [-0.2, 0) is 0 Å². The Kier molecular flexibility index (Phi) is 9.23. The summed E-state index contributed by atoms with van der Waals surface area (Å²) in [5, 5.41) is 6.01. The molecule has 33 heavy (non-hydrogen) atoms. The predicted molar refractivity (Wildman–Crippen MR) is 137 cm³/mol. The van der Waals surface area contributed by atoms with Gasteiger partial charge in [0.1, 0.15) is 5.56 Å². The lowest BCUT2D eigenvalue weighted by Gasteiger charge is -2.16. The van der Waals surface area contributed by atoms with Crippen LogP contribution in [0.5, 0.6) is 5.88 Å². The summed E-state index contributed by atoms with van der Waals surface area (Å²) in [6.45, 7) is 3.19. The van der Waals surface area contributed by atoms with E-state index in [9.17, 15) is 9.59 Å². The number of aromatic nitrogens is 3. The smallest absolute Gasteiger partial charge is 0.263 e. The van der Waals surface area contributed by atoms with Crippen molar-refractivity contribution >= 4 is 34.4 Å². The Morgan fingerprint density at radius 3 is 2.64 bits per heavy atom. The number of hydrogen-bond acceptors (Lipinski definition) is 6. The van der Waals surface area contributed by atoms with Gasteiger partial charge in [-0.05, 0) is 78.6 Å². The summed E-state index contributed by atoms with van der Waals surface area (Å²) in [7, 11) is 1.57. The number of amides is 1. The summed E-state index contributed by atoms with van der Waals surface area (Å²) in [5.41, 5.74) is 0.887. The number of carbonyl (C=O) groups excluding carboxylic acids is 1. The fourth-order valence-corrected chi connectivity index (χ4v) is 3.71. The molecule has 8 nitrogen and oxygen atoms in total. The average molecular weight is 561 g/mol. The molecule has 1 amide bonds. The molecule has 0 bridgehead atoms. The predicted octanol–water partition coefficient (Wildman–Crippen LogP) is 3.87. The Bertz CT molecular complexity index is 1120. The first-order chi connectivity index (χ1) is 16.0. The first kappa shape index (κ1) is 24.7. The first-order valence-corrected chi connectivity index (χ1v) is 11.9. The van der Waals surface area contributed by atoms with Crippen molar-refractivity contribution in [3.8, 4) is 5.88 Å². The Balaban J connectivity index is 1.45. The van der Waals surface area contributed by atoms with Crippen LogP contribution in [0.2, 0.25) is 0 Å². The number of unbranched alkanes of at least 4 members (excludes halogenated alkanes) is 2. The molecule has 0 saturated heterocycles. The summed E-state index contributed by atoms with van der Waals surface area (Å²) in [5.74, 6) is 0.706. The van der Waals surface area contributed by atoms with Crippen LogP contribution in [0.25, 0.3) is 0 Å². The maximum Gasteiger partial charge on any atom is 0.263 e. The van der Waals surface area contributed by atoms with E-state index in [2.05, 4.69) is 43.2 Å². The second-order valence-electron chi connectivity index (χ2n) is 7.53. The Morgan fingerprint density at radius 2 is 1.88 bits per heavy atom. The van der Waals surface area contributed by atoms with Crippen molar-refractivity contribution in [3.05, 3.63) is 79.9 Å². The number of rotatable bonds is 11. The fraction of sp³-hybridized carbons (Fsp3) is 0.333. The lowest BCUT2D eigenvalue weighted by Crippen LogP contribution is -2.34. The van der Waals surface area contributed by atoms with Crippen molar-refractivity contribution in [2.75, 3.05) is 25.5 Å². The van der Waals surface area contributed by atoms with Crippen molar-refractivity contribution in [2.24, 2.45) is 0 Å². The molecule has 174 valence electrons. The van der Waals surface area contributed by atoms with Crippen molar-refractivity contribution < 1.29 is 9.53 Å². The molecule has 0 fully saturated rings. The lowest BCUT2D eigenvalue weighted by molar-refractivity contribution is 0.0950. The Labute approximate surface area is 206 Å². The minimum absolute atomic E-state index is 0.159. The van der Waals surface area contributed by atoms with Crippen LogP contribution in [0.3, 0.4) is 0 Å². The zero-order valence-electron chi connectivity index (χ0n) is 18.8. The molecule has 3 aromatic rings. The second kappa shape index (κ2) is 12.3. The van der Waals surface area contributed by atoms with Crippen molar-refractivity contribution in [1.29, 1.82) is 0 Å². The van der Waals surface area contributed by atoms with Gasteiger partial charge in [-0.15, -0.1) is 0 Å². The van der Waals surface area contributed by atoms with Gasteiger partial charge in [0.05, 0.1) is 13.2 Å². The largest absolute Gasteiger partial charge is 0.481 e. The van der Waals surface area contributed by atoms with Crippen LogP contribution in [0.4, 0.5) is 5.95 Å². The maximum absolute atomic E-state index is 12.9. The molecule has 1 atom stereocenters. The van der Waals surface area contributed by atoms with Crippen LogP contribution in [0.15, 0.2) is 59.7 Å². The Morgan fingerprint density at radius 1 is 1.12 bits per heavy atom. The maximum atomic E-state index is 12.9. The van der Waals surface area contributed by atoms with Gasteiger partial charge < -0.3 is 19.9 Å². The highest BCUT2D eigenvalue weighted by Crippen LogP contribution is 2.17. The molecule has 0 aliphatic heterocycles. The molecule has 0 saturated carbocycles. The number of nitrogens with one attached hydrogen (secondary N) is 2.